The van der Waals surface area contributed by atoms with Gasteiger partial charge in [-0.05, 0) is 24.4 Å². The van der Waals surface area contributed by atoms with Gasteiger partial charge in [0, 0.05) is 5.39 Å². The van der Waals surface area contributed by atoms with Crippen LogP contribution in [0.1, 0.15) is 15.9 Å². The first kappa shape index (κ1) is 11.5. The molecule has 0 saturated heterocycles. The molecular weight excluding hydrogens is 216 g/mol. The summed E-state index contributed by atoms with van der Waals surface area (Å²) in [6, 6.07) is 9.54. The fraction of sp³-hybridized carbons (Fsp3) is 0.214. The molecule has 0 spiro atoms. The molecule has 2 aromatic rings. The Balaban J connectivity index is 2.71. The molecule has 0 unspecified atom stereocenters. The fourth-order valence-corrected chi connectivity index (χ4v) is 1.86. The standard InChI is InChI=1S/C14H14O3/c1-9-4-5-12-10(6-9)7-11(14(15)17-3)8-13(12)16-2/h4-8H,1-3H3. The van der Waals surface area contributed by atoms with Crippen LogP contribution < -0.4 is 4.74 Å². The molecule has 0 N–H and O–H groups in total. The van der Waals surface area contributed by atoms with E-state index in [1.54, 1.807) is 13.2 Å². The zero-order chi connectivity index (χ0) is 12.4. The maximum Gasteiger partial charge on any atom is 0.338 e. The zero-order valence-electron chi connectivity index (χ0n) is 10.1. The number of aryl methyl sites for hydroxylation is 1. The van der Waals surface area contributed by atoms with Crippen molar-refractivity contribution in [3.05, 3.63) is 41.5 Å². The SMILES string of the molecule is COC(=O)c1cc(OC)c2ccc(C)cc2c1. The first-order chi connectivity index (χ1) is 8.15. The lowest BCUT2D eigenvalue weighted by atomic mass is 10.0. The average Bonchev–Trinajstić information content (AvgIpc) is 2.35. The number of hydrogen-bond acceptors (Lipinski definition) is 3. The van der Waals surface area contributed by atoms with Crippen LogP contribution in [0.3, 0.4) is 0 Å². The van der Waals surface area contributed by atoms with Gasteiger partial charge in [0.05, 0.1) is 19.8 Å². The molecule has 0 atom stereocenters. The van der Waals surface area contributed by atoms with Crippen molar-refractivity contribution in [2.24, 2.45) is 0 Å². The Kier molecular flexibility index (Phi) is 3.00. The molecule has 0 heterocycles. The topological polar surface area (TPSA) is 35.5 Å². The number of hydrogen-bond donors (Lipinski definition) is 0. The molecule has 0 radical (unpaired) electrons. The van der Waals surface area contributed by atoms with Gasteiger partial charge in [-0.3, -0.25) is 0 Å². The predicted octanol–water partition coefficient (Wildman–Crippen LogP) is 2.94. The van der Waals surface area contributed by atoms with E-state index in [1.807, 2.05) is 31.2 Å². The fourth-order valence-electron chi connectivity index (χ4n) is 1.86. The Labute approximate surface area is 100.0 Å². The van der Waals surface area contributed by atoms with Crippen LogP contribution in [-0.4, -0.2) is 20.2 Å². The highest BCUT2D eigenvalue weighted by Crippen LogP contribution is 2.28. The quantitative estimate of drug-likeness (QED) is 0.744. The van der Waals surface area contributed by atoms with E-state index in [4.69, 9.17) is 9.47 Å². The Bertz CT molecular complexity index is 573. The molecule has 0 aromatic heterocycles. The maximum atomic E-state index is 11.5. The zero-order valence-corrected chi connectivity index (χ0v) is 10.1. The highest BCUT2D eigenvalue weighted by molar-refractivity contribution is 5.98. The smallest absolute Gasteiger partial charge is 0.338 e. The maximum absolute atomic E-state index is 11.5. The normalized spacial score (nSPS) is 10.3. The minimum Gasteiger partial charge on any atom is -0.496 e. The van der Waals surface area contributed by atoms with Crippen molar-refractivity contribution in [1.29, 1.82) is 0 Å². The molecule has 0 amide bonds. The van der Waals surface area contributed by atoms with Crippen LogP contribution >= 0.6 is 0 Å². The Hall–Kier alpha value is -2.03. The predicted molar refractivity (Wildman–Crippen MR) is 66.6 cm³/mol. The summed E-state index contributed by atoms with van der Waals surface area (Å²) in [5.74, 6) is 0.328. The molecule has 0 saturated carbocycles. The van der Waals surface area contributed by atoms with Gasteiger partial charge in [-0.2, -0.15) is 0 Å². The Morgan fingerprint density at radius 1 is 1.12 bits per heavy atom. The Morgan fingerprint density at radius 2 is 1.88 bits per heavy atom. The summed E-state index contributed by atoms with van der Waals surface area (Å²) in [4.78, 5) is 11.5. The van der Waals surface area contributed by atoms with Gasteiger partial charge in [0.25, 0.3) is 0 Å². The van der Waals surface area contributed by atoms with Crippen molar-refractivity contribution in [3.63, 3.8) is 0 Å². The lowest BCUT2D eigenvalue weighted by molar-refractivity contribution is 0.0600. The summed E-state index contributed by atoms with van der Waals surface area (Å²) in [7, 11) is 2.96. The van der Waals surface area contributed by atoms with Gasteiger partial charge >= 0.3 is 5.97 Å². The van der Waals surface area contributed by atoms with Crippen LogP contribution in [0.25, 0.3) is 10.8 Å². The third-order valence-corrected chi connectivity index (χ3v) is 2.71. The highest BCUT2D eigenvalue weighted by atomic mass is 16.5. The second-order valence-electron chi connectivity index (χ2n) is 3.89. The van der Waals surface area contributed by atoms with E-state index in [9.17, 15) is 4.79 Å². The average molecular weight is 230 g/mol. The van der Waals surface area contributed by atoms with Gasteiger partial charge in [0.1, 0.15) is 5.75 Å². The van der Waals surface area contributed by atoms with Crippen LogP contribution in [0, 0.1) is 6.92 Å². The lowest BCUT2D eigenvalue weighted by Crippen LogP contribution is -2.01. The number of rotatable bonds is 2. The number of benzene rings is 2. The molecule has 0 aliphatic heterocycles. The van der Waals surface area contributed by atoms with Gasteiger partial charge in [-0.1, -0.05) is 23.8 Å². The molecule has 0 aliphatic carbocycles. The molecule has 0 aliphatic rings. The van der Waals surface area contributed by atoms with Crippen molar-refractivity contribution < 1.29 is 14.3 Å². The van der Waals surface area contributed by atoms with Crippen LogP contribution in [0.5, 0.6) is 5.75 Å². The number of esters is 1. The van der Waals surface area contributed by atoms with Crippen molar-refractivity contribution in [1.82, 2.24) is 0 Å². The first-order valence-electron chi connectivity index (χ1n) is 5.32. The Morgan fingerprint density at radius 3 is 2.53 bits per heavy atom. The molecule has 0 fully saturated rings. The second kappa shape index (κ2) is 4.45. The summed E-state index contributed by atoms with van der Waals surface area (Å²) in [5.41, 5.74) is 1.64. The summed E-state index contributed by atoms with van der Waals surface area (Å²) in [6.45, 7) is 2.01. The number of methoxy groups -OCH3 is 2. The number of carbonyl (C=O) groups excluding carboxylic acids is 1. The van der Waals surface area contributed by atoms with Gasteiger partial charge in [-0.15, -0.1) is 0 Å². The van der Waals surface area contributed by atoms with E-state index in [0.717, 1.165) is 16.3 Å². The molecule has 3 nitrogen and oxygen atoms in total. The van der Waals surface area contributed by atoms with Gasteiger partial charge in [0.2, 0.25) is 0 Å². The van der Waals surface area contributed by atoms with E-state index in [-0.39, 0.29) is 5.97 Å². The van der Waals surface area contributed by atoms with Crippen LogP contribution in [-0.2, 0) is 4.74 Å². The molecule has 2 rings (SSSR count). The number of ether oxygens (including phenoxy) is 2. The second-order valence-corrected chi connectivity index (χ2v) is 3.89. The molecular formula is C14H14O3. The summed E-state index contributed by atoms with van der Waals surface area (Å²) in [5, 5.41) is 1.97. The van der Waals surface area contributed by atoms with Crippen molar-refractivity contribution in [2.75, 3.05) is 14.2 Å². The van der Waals surface area contributed by atoms with Crippen LogP contribution in [0.15, 0.2) is 30.3 Å². The van der Waals surface area contributed by atoms with Crippen molar-refractivity contribution in [2.45, 2.75) is 6.92 Å². The van der Waals surface area contributed by atoms with Crippen molar-refractivity contribution in [3.8, 4) is 5.75 Å². The number of carbonyl (C=O) groups is 1. The minimum atomic E-state index is -0.355. The van der Waals surface area contributed by atoms with E-state index in [1.165, 1.54) is 7.11 Å². The van der Waals surface area contributed by atoms with Crippen LogP contribution in [0.4, 0.5) is 0 Å². The van der Waals surface area contributed by atoms with Gasteiger partial charge < -0.3 is 9.47 Å². The van der Waals surface area contributed by atoms with Crippen molar-refractivity contribution >= 4 is 16.7 Å². The van der Waals surface area contributed by atoms with Gasteiger partial charge in [-0.25, -0.2) is 4.79 Å². The third-order valence-electron chi connectivity index (χ3n) is 2.71. The first-order valence-corrected chi connectivity index (χ1v) is 5.32. The lowest BCUT2D eigenvalue weighted by Gasteiger charge is -2.08. The van der Waals surface area contributed by atoms with E-state index in [2.05, 4.69) is 0 Å². The summed E-state index contributed by atoms with van der Waals surface area (Å²) < 4.78 is 10.0. The van der Waals surface area contributed by atoms with E-state index in [0.29, 0.717) is 11.3 Å². The summed E-state index contributed by atoms with van der Waals surface area (Å²) in [6.07, 6.45) is 0. The minimum absolute atomic E-state index is 0.355. The van der Waals surface area contributed by atoms with E-state index >= 15 is 0 Å². The largest absolute Gasteiger partial charge is 0.496 e. The highest BCUT2D eigenvalue weighted by Gasteiger charge is 2.10. The molecule has 2 aromatic carbocycles. The van der Waals surface area contributed by atoms with E-state index < -0.39 is 0 Å². The van der Waals surface area contributed by atoms with Gasteiger partial charge in [0.15, 0.2) is 0 Å². The monoisotopic (exact) mass is 230 g/mol. The molecule has 3 heteroatoms. The van der Waals surface area contributed by atoms with Crippen LogP contribution in [0.2, 0.25) is 0 Å². The molecule has 88 valence electrons. The summed E-state index contributed by atoms with van der Waals surface area (Å²) >= 11 is 0. The molecule has 0 bridgehead atoms. The third kappa shape index (κ3) is 2.09. The molecule has 17 heavy (non-hydrogen) atoms. The number of fused-ring (bicyclic) bond motifs is 1.